The minimum Gasteiger partial charge on any atom is -0.462 e. The highest BCUT2D eigenvalue weighted by Gasteiger charge is 2.15. The Labute approximate surface area is 99.2 Å². The minimum absolute atomic E-state index is 0.0176. The molecule has 0 radical (unpaired) electrons. The summed E-state index contributed by atoms with van der Waals surface area (Å²) in [6, 6.07) is 0. The zero-order valence-electron chi connectivity index (χ0n) is 10.9. The van der Waals surface area contributed by atoms with Crippen LogP contribution in [0.2, 0.25) is 0 Å². The van der Waals surface area contributed by atoms with Gasteiger partial charge < -0.3 is 9.84 Å². The zero-order chi connectivity index (χ0) is 12.4. The van der Waals surface area contributed by atoms with Crippen molar-refractivity contribution < 1.29 is 14.6 Å². The molecule has 96 valence electrons. The van der Waals surface area contributed by atoms with Crippen LogP contribution in [0.5, 0.6) is 0 Å². The highest BCUT2D eigenvalue weighted by Crippen LogP contribution is 2.10. The van der Waals surface area contributed by atoms with Gasteiger partial charge in [-0.05, 0) is 13.3 Å². The zero-order valence-corrected chi connectivity index (χ0v) is 10.9. The first-order valence-electron chi connectivity index (χ1n) is 6.42. The molecule has 0 amide bonds. The quantitative estimate of drug-likeness (QED) is 0.489. The number of esters is 1. The molecule has 0 aliphatic carbocycles. The summed E-state index contributed by atoms with van der Waals surface area (Å²) in [6.07, 6.45) is 6.00. The molecule has 0 aromatic rings. The Hall–Kier alpha value is -0.570. The molecular weight excluding hydrogens is 204 g/mol. The van der Waals surface area contributed by atoms with E-state index in [0.29, 0.717) is 6.42 Å². The third kappa shape index (κ3) is 7.69. The molecule has 1 N–H and O–H groups in total. The van der Waals surface area contributed by atoms with Crippen LogP contribution in [0.15, 0.2) is 0 Å². The van der Waals surface area contributed by atoms with Gasteiger partial charge in [-0.25, -0.2) is 0 Å². The summed E-state index contributed by atoms with van der Waals surface area (Å²) in [6.45, 7) is 5.94. The van der Waals surface area contributed by atoms with Crippen molar-refractivity contribution in [2.45, 2.75) is 65.4 Å². The summed E-state index contributed by atoms with van der Waals surface area (Å²) in [5.74, 6) is -0.117. The van der Waals surface area contributed by atoms with Crippen molar-refractivity contribution in [3.05, 3.63) is 0 Å². The molecule has 0 aromatic heterocycles. The Bertz CT molecular complexity index is 180. The highest BCUT2D eigenvalue weighted by atomic mass is 16.5. The lowest BCUT2D eigenvalue weighted by atomic mass is 10.1. The lowest BCUT2D eigenvalue weighted by molar-refractivity contribution is -0.151. The van der Waals surface area contributed by atoms with Gasteiger partial charge in [-0.2, -0.15) is 0 Å². The molecule has 0 rings (SSSR count). The van der Waals surface area contributed by atoms with E-state index in [0.717, 1.165) is 12.8 Å². The van der Waals surface area contributed by atoms with Crippen molar-refractivity contribution in [3.8, 4) is 0 Å². The molecule has 0 aliphatic heterocycles. The Morgan fingerprint density at radius 3 is 2.38 bits per heavy atom. The first-order valence-corrected chi connectivity index (χ1v) is 6.42. The Morgan fingerprint density at radius 2 is 1.81 bits per heavy atom. The Kier molecular flexibility index (Phi) is 9.30. The van der Waals surface area contributed by atoms with Crippen molar-refractivity contribution in [1.82, 2.24) is 0 Å². The summed E-state index contributed by atoms with van der Waals surface area (Å²) in [4.78, 5) is 11.4. The largest absolute Gasteiger partial charge is 0.462 e. The van der Waals surface area contributed by atoms with Gasteiger partial charge >= 0.3 is 5.97 Å². The normalized spacial score (nSPS) is 14.5. The maximum absolute atomic E-state index is 11.4. The molecule has 2 unspecified atom stereocenters. The molecule has 3 nitrogen and oxygen atoms in total. The van der Waals surface area contributed by atoms with Gasteiger partial charge in [-0.1, -0.05) is 39.5 Å². The van der Waals surface area contributed by atoms with E-state index in [1.807, 2.05) is 13.8 Å². The van der Waals surface area contributed by atoms with E-state index in [2.05, 4.69) is 6.92 Å². The van der Waals surface area contributed by atoms with Crippen LogP contribution in [0.3, 0.4) is 0 Å². The SMILES string of the molecule is CCCCCCCC(=O)OC(C)C(C)CO. The van der Waals surface area contributed by atoms with Crippen LogP contribution in [0.4, 0.5) is 0 Å². The van der Waals surface area contributed by atoms with Gasteiger partial charge in [0.05, 0.1) is 0 Å². The second kappa shape index (κ2) is 9.64. The molecule has 0 heterocycles. The smallest absolute Gasteiger partial charge is 0.306 e. The molecule has 0 saturated heterocycles. The molecule has 0 aromatic carbocycles. The van der Waals surface area contributed by atoms with E-state index >= 15 is 0 Å². The third-order valence-corrected chi connectivity index (χ3v) is 2.89. The van der Waals surface area contributed by atoms with Crippen LogP contribution < -0.4 is 0 Å². The molecule has 0 fully saturated rings. The number of carbonyl (C=O) groups excluding carboxylic acids is 1. The van der Waals surface area contributed by atoms with Gasteiger partial charge in [0.15, 0.2) is 0 Å². The highest BCUT2D eigenvalue weighted by molar-refractivity contribution is 5.69. The fourth-order valence-electron chi connectivity index (χ4n) is 1.40. The van der Waals surface area contributed by atoms with Gasteiger partial charge in [-0.15, -0.1) is 0 Å². The van der Waals surface area contributed by atoms with Crippen molar-refractivity contribution in [2.75, 3.05) is 6.61 Å². The Morgan fingerprint density at radius 1 is 1.19 bits per heavy atom. The number of aliphatic hydroxyl groups excluding tert-OH is 1. The van der Waals surface area contributed by atoms with E-state index in [-0.39, 0.29) is 24.6 Å². The van der Waals surface area contributed by atoms with Gasteiger partial charge in [0, 0.05) is 18.9 Å². The summed E-state index contributed by atoms with van der Waals surface area (Å²) in [7, 11) is 0. The molecule has 0 spiro atoms. The van der Waals surface area contributed by atoms with Gasteiger partial charge in [0.1, 0.15) is 6.10 Å². The second-order valence-corrected chi connectivity index (χ2v) is 4.52. The number of rotatable bonds is 9. The van der Waals surface area contributed by atoms with Crippen LogP contribution in [0.25, 0.3) is 0 Å². The van der Waals surface area contributed by atoms with Crippen LogP contribution >= 0.6 is 0 Å². The number of hydrogen-bond acceptors (Lipinski definition) is 3. The van der Waals surface area contributed by atoms with Crippen LogP contribution in [-0.2, 0) is 9.53 Å². The number of ether oxygens (including phenoxy) is 1. The van der Waals surface area contributed by atoms with Crippen LogP contribution in [0, 0.1) is 5.92 Å². The molecule has 2 atom stereocenters. The summed E-state index contributed by atoms with van der Waals surface area (Å²) >= 11 is 0. The van der Waals surface area contributed by atoms with Crippen LogP contribution in [-0.4, -0.2) is 23.8 Å². The first kappa shape index (κ1) is 15.4. The lowest BCUT2D eigenvalue weighted by Gasteiger charge is -2.18. The maximum atomic E-state index is 11.4. The second-order valence-electron chi connectivity index (χ2n) is 4.52. The fourth-order valence-corrected chi connectivity index (χ4v) is 1.40. The van der Waals surface area contributed by atoms with Crippen molar-refractivity contribution in [3.63, 3.8) is 0 Å². The van der Waals surface area contributed by atoms with E-state index in [1.165, 1.54) is 19.3 Å². The van der Waals surface area contributed by atoms with Crippen molar-refractivity contribution in [1.29, 1.82) is 0 Å². The summed E-state index contributed by atoms with van der Waals surface area (Å²) in [5, 5.41) is 8.90. The van der Waals surface area contributed by atoms with Crippen molar-refractivity contribution in [2.24, 2.45) is 5.92 Å². The van der Waals surface area contributed by atoms with Gasteiger partial charge in [0.25, 0.3) is 0 Å². The van der Waals surface area contributed by atoms with Gasteiger partial charge in [0.2, 0.25) is 0 Å². The lowest BCUT2D eigenvalue weighted by Crippen LogP contribution is -2.24. The average Bonchev–Trinajstić information content (AvgIpc) is 2.27. The van der Waals surface area contributed by atoms with Crippen molar-refractivity contribution >= 4 is 5.97 Å². The fraction of sp³-hybridized carbons (Fsp3) is 0.923. The van der Waals surface area contributed by atoms with E-state index < -0.39 is 0 Å². The average molecular weight is 230 g/mol. The topological polar surface area (TPSA) is 46.5 Å². The number of unbranched alkanes of at least 4 members (excludes halogenated alkanes) is 4. The molecular formula is C13H26O3. The number of hydrogen-bond donors (Lipinski definition) is 1. The minimum atomic E-state index is -0.187. The summed E-state index contributed by atoms with van der Waals surface area (Å²) in [5.41, 5.74) is 0. The molecule has 16 heavy (non-hydrogen) atoms. The van der Waals surface area contributed by atoms with Gasteiger partial charge in [-0.3, -0.25) is 4.79 Å². The Balaban J connectivity index is 3.51. The molecule has 0 aliphatic rings. The van der Waals surface area contributed by atoms with E-state index in [1.54, 1.807) is 0 Å². The maximum Gasteiger partial charge on any atom is 0.306 e. The standard InChI is InChI=1S/C13H26O3/c1-4-5-6-7-8-9-13(15)16-12(3)11(2)10-14/h11-12,14H,4-10H2,1-3H3. The van der Waals surface area contributed by atoms with E-state index in [9.17, 15) is 4.79 Å². The number of carbonyl (C=O) groups is 1. The predicted octanol–water partition coefficient (Wildman–Crippen LogP) is 2.91. The third-order valence-electron chi connectivity index (χ3n) is 2.89. The molecule has 0 saturated carbocycles. The predicted molar refractivity (Wildman–Crippen MR) is 65.2 cm³/mol. The van der Waals surface area contributed by atoms with Crippen LogP contribution in [0.1, 0.15) is 59.3 Å². The number of aliphatic hydroxyl groups is 1. The van der Waals surface area contributed by atoms with E-state index in [4.69, 9.17) is 9.84 Å². The molecule has 3 heteroatoms. The summed E-state index contributed by atoms with van der Waals surface area (Å²) < 4.78 is 5.21. The molecule has 0 bridgehead atoms. The first-order chi connectivity index (χ1) is 7.61. The monoisotopic (exact) mass is 230 g/mol.